The Kier molecular flexibility index (Phi) is 4.87. The molecule has 0 radical (unpaired) electrons. The van der Waals surface area contributed by atoms with Crippen molar-refractivity contribution in [3.8, 4) is 5.75 Å². The number of rotatable bonds is 3. The minimum Gasteiger partial charge on any atom is -0.507 e. The summed E-state index contributed by atoms with van der Waals surface area (Å²) in [5, 5.41) is 10.1. The molecule has 0 spiro atoms. The van der Waals surface area contributed by atoms with Crippen molar-refractivity contribution in [2.75, 3.05) is 26.3 Å². The normalized spacial score (nSPS) is 20.4. The fraction of sp³-hybridized carbons (Fsp3) is 0.611. The summed E-state index contributed by atoms with van der Waals surface area (Å²) in [5.74, 6) is 0.655. The molecule has 0 aromatic heterocycles. The Bertz CT molecular complexity index is 558. The van der Waals surface area contributed by atoms with E-state index >= 15 is 0 Å². The van der Waals surface area contributed by atoms with Crippen LogP contribution in [0.25, 0.3) is 0 Å². The molecule has 3 rings (SSSR count). The maximum Gasteiger partial charge on any atom is 0.257 e. The SMILES string of the molecule is CC(C)c1ccc(O)c(C(=O)N2CCC(C3OCCO3)CC2)c1. The van der Waals surface area contributed by atoms with Crippen molar-refractivity contribution in [1.29, 1.82) is 0 Å². The van der Waals surface area contributed by atoms with Crippen LogP contribution in [-0.4, -0.2) is 48.5 Å². The Morgan fingerprint density at radius 2 is 1.87 bits per heavy atom. The molecule has 1 aromatic rings. The lowest BCUT2D eigenvalue weighted by Gasteiger charge is -2.34. The molecule has 2 heterocycles. The van der Waals surface area contributed by atoms with Gasteiger partial charge in [0.15, 0.2) is 6.29 Å². The van der Waals surface area contributed by atoms with Crippen LogP contribution < -0.4 is 0 Å². The predicted octanol–water partition coefficient (Wildman–Crippen LogP) is 2.74. The average molecular weight is 319 g/mol. The molecule has 0 aliphatic carbocycles. The monoisotopic (exact) mass is 319 g/mol. The Morgan fingerprint density at radius 3 is 2.48 bits per heavy atom. The number of benzene rings is 1. The second-order valence-electron chi connectivity index (χ2n) is 6.67. The molecule has 2 fully saturated rings. The van der Waals surface area contributed by atoms with Gasteiger partial charge in [-0.2, -0.15) is 0 Å². The highest BCUT2D eigenvalue weighted by Crippen LogP contribution is 2.29. The molecule has 5 nitrogen and oxygen atoms in total. The number of likely N-dealkylation sites (tertiary alicyclic amines) is 1. The van der Waals surface area contributed by atoms with Crippen molar-refractivity contribution in [3.63, 3.8) is 0 Å². The van der Waals surface area contributed by atoms with E-state index in [1.54, 1.807) is 6.07 Å². The number of aromatic hydroxyl groups is 1. The quantitative estimate of drug-likeness (QED) is 0.930. The first kappa shape index (κ1) is 16.3. The van der Waals surface area contributed by atoms with Gasteiger partial charge in [0.2, 0.25) is 0 Å². The summed E-state index contributed by atoms with van der Waals surface area (Å²) >= 11 is 0. The third kappa shape index (κ3) is 3.51. The van der Waals surface area contributed by atoms with Gasteiger partial charge in [0.1, 0.15) is 5.75 Å². The molecule has 126 valence electrons. The number of carbonyl (C=O) groups is 1. The van der Waals surface area contributed by atoms with Gasteiger partial charge in [0, 0.05) is 19.0 Å². The fourth-order valence-electron chi connectivity index (χ4n) is 3.28. The van der Waals surface area contributed by atoms with Crippen molar-refractivity contribution in [3.05, 3.63) is 29.3 Å². The minimum atomic E-state index is -0.107. The largest absolute Gasteiger partial charge is 0.507 e. The van der Waals surface area contributed by atoms with Gasteiger partial charge in [0.25, 0.3) is 5.91 Å². The van der Waals surface area contributed by atoms with E-state index in [2.05, 4.69) is 13.8 Å². The second kappa shape index (κ2) is 6.89. The number of hydrogen-bond donors (Lipinski definition) is 1. The zero-order valence-electron chi connectivity index (χ0n) is 13.8. The van der Waals surface area contributed by atoms with Crippen molar-refractivity contribution in [2.24, 2.45) is 5.92 Å². The molecule has 2 aliphatic rings. The number of phenolic OH excluding ortho intramolecular Hbond substituents is 1. The van der Waals surface area contributed by atoms with Crippen molar-refractivity contribution in [2.45, 2.75) is 38.9 Å². The molecule has 0 unspecified atom stereocenters. The third-order valence-electron chi connectivity index (χ3n) is 4.78. The van der Waals surface area contributed by atoms with E-state index in [0.29, 0.717) is 43.7 Å². The van der Waals surface area contributed by atoms with E-state index in [-0.39, 0.29) is 17.9 Å². The van der Waals surface area contributed by atoms with Crippen LogP contribution in [0, 0.1) is 5.92 Å². The zero-order valence-corrected chi connectivity index (χ0v) is 13.8. The van der Waals surface area contributed by atoms with Crippen molar-refractivity contribution in [1.82, 2.24) is 4.90 Å². The number of hydrogen-bond acceptors (Lipinski definition) is 4. The molecule has 0 bridgehead atoms. The number of nitrogens with zero attached hydrogens (tertiary/aromatic N) is 1. The summed E-state index contributed by atoms with van der Waals surface area (Å²) in [4.78, 5) is 14.6. The van der Waals surface area contributed by atoms with Crippen molar-refractivity contribution >= 4 is 5.91 Å². The second-order valence-corrected chi connectivity index (χ2v) is 6.67. The standard InChI is InChI=1S/C18H25NO4/c1-12(2)14-3-4-16(20)15(11-14)17(21)19-7-5-13(6-8-19)18-22-9-10-23-18/h3-4,11-13,18,20H,5-10H2,1-2H3. The van der Waals surface area contributed by atoms with Crippen LogP contribution in [-0.2, 0) is 9.47 Å². The Hall–Kier alpha value is -1.59. The fourth-order valence-corrected chi connectivity index (χ4v) is 3.28. The first-order chi connectivity index (χ1) is 11.1. The van der Waals surface area contributed by atoms with Gasteiger partial charge < -0.3 is 19.5 Å². The molecule has 0 atom stereocenters. The molecule has 0 saturated carbocycles. The van der Waals surface area contributed by atoms with Crippen LogP contribution in [0.15, 0.2) is 18.2 Å². The lowest BCUT2D eigenvalue weighted by atomic mass is 9.95. The summed E-state index contributed by atoms with van der Waals surface area (Å²) in [6, 6.07) is 5.31. The molecule has 2 saturated heterocycles. The van der Waals surface area contributed by atoms with Gasteiger partial charge >= 0.3 is 0 Å². The maximum atomic E-state index is 12.7. The maximum absolute atomic E-state index is 12.7. The molecule has 5 heteroatoms. The number of piperidine rings is 1. The van der Waals surface area contributed by atoms with Gasteiger partial charge in [-0.25, -0.2) is 0 Å². The van der Waals surface area contributed by atoms with E-state index in [0.717, 1.165) is 18.4 Å². The summed E-state index contributed by atoms with van der Waals surface area (Å²) in [6.45, 7) is 6.84. The molecular weight excluding hydrogens is 294 g/mol. The smallest absolute Gasteiger partial charge is 0.257 e. The van der Waals surface area contributed by atoms with Crippen molar-refractivity contribution < 1.29 is 19.4 Å². The lowest BCUT2D eigenvalue weighted by molar-refractivity contribution is -0.0956. The Labute approximate surface area is 137 Å². The highest BCUT2D eigenvalue weighted by Gasteiger charge is 2.32. The summed E-state index contributed by atoms with van der Waals surface area (Å²) in [5.41, 5.74) is 1.47. The number of carbonyl (C=O) groups excluding carboxylic acids is 1. The number of phenols is 1. The lowest BCUT2D eigenvalue weighted by Crippen LogP contribution is -2.41. The summed E-state index contributed by atoms with van der Waals surface area (Å²) < 4.78 is 11.1. The molecule has 1 aromatic carbocycles. The number of amides is 1. The van der Waals surface area contributed by atoms with Gasteiger partial charge in [0.05, 0.1) is 18.8 Å². The molecule has 1 amide bonds. The van der Waals surface area contributed by atoms with Crippen LogP contribution in [0.2, 0.25) is 0 Å². The number of ether oxygens (including phenoxy) is 2. The van der Waals surface area contributed by atoms with E-state index < -0.39 is 0 Å². The first-order valence-electron chi connectivity index (χ1n) is 8.41. The topological polar surface area (TPSA) is 59.0 Å². The summed E-state index contributed by atoms with van der Waals surface area (Å²) in [6.07, 6.45) is 1.65. The summed E-state index contributed by atoms with van der Waals surface area (Å²) in [7, 11) is 0. The molecular formula is C18H25NO4. The van der Waals surface area contributed by atoms with Gasteiger partial charge in [-0.3, -0.25) is 4.79 Å². The highest BCUT2D eigenvalue weighted by molar-refractivity contribution is 5.97. The van der Waals surface area contributed by atoms with E-state index in [1.165, 1.54) is 0 Å². The van der Waals surface area contributed by atoms with E-state index in [9.17, 15) is 9.90 Å². The molecule has 2 aliphatic heterocycles. The van der Waals surface area contributed by atoms with Crippen LogP contribution in [0.3, 0.4) is 0 Å². The predicted molar refractivity (Wildman–Crippen MR) is 86.5 cm³/mol. The highest BCUT2D eigenvalue weighted by atomic mass is 16.7. The van der Waals surface area contributed by atoms with E-state index in [1.807, 2.05) is 17.0 Å². The van der Waals surface area contributed by atoms with Gasteiger partial charge in [-0.05, 0) is 36.5 Å². The Morgan fingerprint density at radius 1 is 1.22 bits per heavy atom. The van der Waals surface area contributed by atoms with Crippen LogP contribution in [0.1, 0.15) is 48.5 Å². The van der Waals surface area contributed by atoms with E-state index in [4.69, 9.17) is 9.47 Å². The van der Waals surface area contributed by atoms with Gasteiger partial charge in [-0.1, -0.05) is 19.9 Å². The first-order valence-corrected chi connectivity index (χ1v) is 8.41. The zero-order chi connectivity index (χ0) is 16.4. The van der Waals surface area contributed by atoms with Gasteiger partial charge in [-0.15, -0.1) is 0 Å². The Balaban J connectivity index is 1.66. The minimum absolute atomic E-state index is 0.0592. The molecule has 23 heavy (non-hydrogen) atoms. The average Bonchev–Trinajstić information content (AvgIpc) is 3.09. The third-order valence-corrected chi connectivity index (χ3v) is 4.78. The van der Waals surface area contributed by atoms with Crippen LogP contribution in [0.5, 0.6) is 5.75 Å². The van der Waals surface area contributed by atoms with Crippen LogP contribution >= 0.6 is 0 Å². The molecule has 1 N–H and O–H groups in total. The van der Waals surface area contributed by atoms with Crippen LogP contribution in [0.4, 0.5) is 0 Å².